The molecule has 5 nitrogen and oxygen atoms in total. The summed E-state index contributed by atoms with van der Waals surface area (Å²) >= 11 is 0. The zero-order valence-corrected chi connectivity index (χ0v) is 16.4. The highest BCUT2D eigenvalue weighted by atomic mass is 16.5. The Labute approximate surface area is 159 Å². The van der Waals surface area contributed by atoms with E-state index in [2.05, 4.69) is 0 Å². The van der Waals surface area contributed by atoms with E-state index in [1.165, 1.54) is 25.7 Å². The Hall–Kier alpha value is -0.650. The third-order valence-corrected chi connectivity index (χ3v) is 5.35. The summed E-state index contributed by atoms with van der Waals surface area (Å²) in [7, 11) is 0. The van der Waals surface area contributed by atoms with E-state index in [-0.39, 0.29) is 11.9 Å². The summed E-state index contributed by atoms with van der Waals surface area (Å²) in [6.07, 6.45) is 12.2. The number of rotatable bonds is 14. The van der Waals surface area contributed by atoms with E-state index < -0.39 is 0 Å². The molecule has 2 atom stereocenters. The molecule has 0 radical (unpaired) electrons. The molecule has 0 aromatic rings. The number of hydrogen-bond donors (Lipinski definition) is 0. The van der Waals surface area contributed by atoms with Gasteiger partial charge in [0.05, 0.1) is 12.5 Å². The van der Waals surface area contributed by atoms with Gasteiger partial charge in [0.25, 0.3) is 0 Å². The Bertz CT molecular complexity index is 354. The van der Waals surface area contributed by atoms with Crippen molar-refractivity contribution in [3.8, 4) is 0 Å². The Balaban J connectivity index is 1.26. The summed E-state index contributed by atoms with van der Waals surface area (Å²) in [6, 6.07) is 0. The highest BCUT2D eigenvalue weighted by molar-refractivity contribution is 5.72. The van der Waals surface area contributed by atoms with E-state index in [9.17, 15) is 4.79 Å². The van der Waals surface area contributed by atoms with Gasteiger partial charge >= 0.3 is 5.97 Å². The Kier molecular flexibility index (Phi) is 12.0. The van der Waals surface area contributed by atoms with Gasteiger partial charge in [-0.25, -0.2) is 0 Å². The van der Waals surface area contributed by atoms with Crippen LogP contribution in [0, 0.1) is 11.8 Å². The molecule has 2 aliphatic heterocycles. The average Bonchev–Trinajstić information content (AvgIpc) is 2.67. The van der Waals surface area contributed by atoms with Crippen LogP contribution in [0.1, 0.15) is 70.6 Å². The number of esters is 1. The predicted octanol–water partition coefficient (Wildman–Crippen LogP) is 4.13. The molecule has 2 aliphatic rings. The fourth-order valence-electron chi connectivity index (χ4n) is 3.73. The summed E-state index contributed by atoms with van der Waals surface area (Å²) in [6.45, 7) is 5.73. The van der Waals surface area contributed by atoms with Gasteiger partial charge in [-0.15, -0.1) is 0 Å². The Morgan fingerprint density at radius 1 is 0.808 bits per heavy atom. The van der Waals surface area contributed by atoms with Crippen molar-refractivity contribution in [3.63, 3.8) is 0 Å². The number of unbranched alkanes of at least 4 members (excludes halogenated alkanes) is 2. The summed E-state index contributed by atoms with van der Waals surface area (Å²) in [5.41, 5.74) is 0. The lowest BCUT2D eigenvalue weighted by molar-refractivity contribution is -0.153. The SMILES string of the molecule is O=C1OCCCC1CCCCOCCCOCCCCC1CCCOC1. The molecule has 0 aromatic heterocycles. The minimum absolute atomic E-state index is 0.00129. The number of ether oxygens (including phenoxy) is 4. The van der Waals surface area contributed by atoms with Crippen LogP contribution >= 0.6 is 0 Å². The molecule has 2 rings (SSSR count). The summed E-state index contributed by atoms with van der Waals surface area (Å²) in [5, 5.41) is 0. The van der Waals surface area contributed by atoms with Crippen LogP contribution in [0.4, 0.5) is 0 Å². The van der Waals surface area contributed by atoms with Crippen LogP contribution in [-0.2, 0) is 23.7 Å². The zero-order chi connectivity index (χ0) is 18.3. The largest absolute Gasteiger partial charge is 0.465 e. The second kappa shape index (κ2) is 14.4. The normalized spacial score (nSPS) is 23.8. The molecule has 2 saturated heterocycles. The van der Waals surface area contributed by atoms with E-state index in [1.54, 1.807) is 0 Å². The second-order valence-electron chi connectivity index (χ2n) is 7.66. The number of hydrogen-bond acceptors (Lipinski definition) is 5. The maximum atomic E-state index is 11.5. The van der Waals surface area contributed by atoms with Crippen LogP contribution in [0.3, 0.4) is 0 Å². The van der Waals surface area contributed by atoms with Gasteiger partial charge in [-0.1, -0.05) is 12.8 Å². The summed E-state index contributed by atoms with van der Waals surface area (Å²) in [4.78, 5) is 11.5. The van der Waals surface area contributed by atoms with E-state index >= 15 is 0 Å². The number of cyclic esters (lactones) is 1. The van der Waals surface area contributed by atoms with E-state index in [0.717, 1.165) is 90.5 Å². The van der Waals surface area contributed by atoms with Gasteiger partial charge < -0.3 is 18.9 Å². The van der Waals surface area contributed by atoms with Gasteiger partial charge in [0.2, 0.25) is 0 Å². The van der Waals surface area contributed by atoms with Crippen molar-refractivity contribution in [1.82, 2.24) is 0 Å². The first-order valence-electron chi connectivity index (χ1n) is 10.8. The van der Waals surface area contributed by atoms with Gasteiger partial charge in [0.1, 0.15) is 0 Å². The van der Waals surface area contributed by atoms with Crippen molar-refractivity contribution in [2.24, 2.45) is 11.8 Å². The first-order chi connectivity index (χ1) is 12.9. The molecular weight excluding hydrogens is 332 g/mol. The number of carbonyl (C=O) groups is 1. The molecule has 0 bridgehead atoms. The van der Waals surface area contributed by atoms with Crippen LogP contribution in [0.15, 0.2) is 0 Å². The topological polar surface area (TPSA) is 54.0 Å². The lowest BCUT2D eigenvalue weighted by atomic mass is 9.95. The summed E-state index contributed by atoms with van der Waals surface area (Å²) < 4.78 is 21.9. The first-order valence-corrected chi connectivity index (χ1v) is 10.8. The van der Waals surface area contributed by atoms with Crippen molar-refractivity contribution in [2.45, 2.75) is 70.6 Å². The standard InChI is InChI=1S/C21H38O5/c22-21-20(11-6-17-26-21)10-2-4-13-24-16-7-15-23-12-3-1-8-19-9-5-14-25-18-19/h19-20H,1-18H2. The Morgan fingerprint density at radius 2 is 1.50 bits per heavy atom. The zero-order valence-electron chi connectivity index (χ0n) is 16.4. The van der Waals surface area contributed by atoms with Crippen molar-refractivity contribution < 1.29 is 23.7 Å². The molecule has 26 heavy (non-hydrogen) atoms. The molecule has 2 heterocycles. The smallest absolute Gasteiger partial charge is 0.308 e. The van der Waals surface area contributed by atoms with E-state index in [0.29, 0.717) is 6.61 Å². The predicted molar refractivity (Wildman–Crippen MR) is 101 cm³/mol. The number of carbonyl (C=O) groups excluding carboxylic acids is 1. The van der Waals surface area contributed by atoms with Gasteiger partial charge in [0, 0.05) is 39.6 Å². The van der Waals surface area contributed by atoms with Crippen LogP contribution in [0.5, 0.6) is 0 Å². The maximum Gasteiger partial charge on any atom is 0.308 e. The van der Waals surface area contributed by atoms with E-state index in [4.69, 9.17) is 18.9 Å². The summed E-state index contributed by atoms with van der Waals surface area (Å²) in [5.74, 6) is 0.907. The highest BCUT2D eigenvalue weighted by Gasteiger charge is 2.23. The molecule has 0 amide bonds. The maximum absolute atomic E-state index is 11.5. The van der Waals surface area contributed by atoms with Gasteiger partial charge in [0.15, 0.2) is 0 Å². The second-order valence-corrected chi connectivity index (χ2v) is 7.66. The lowest BCUT2D eigenvalue weighted by Crippen LogP contribution is -2.23. The monoisotopic (exact) mass is 370 g/mol. The molecule has 0 aromatic carbocycles. The fraction of sp³-hybridized carbons (Fsp3) is 0.952. The van der Waals surface area contributed by atoms with Crippen LogP contribution in [0.2, 0.25) is 0 Å². The average molecular weight is 371 g/mol. The van der Waals surface area contributed by atoms with Crippen molar-refractivity contribution in [2.75, 3.05) is 46.2 Å². The van der Waals surface area contributed by atoms with Gasteiger partial charge in [-0.2, -0.15) is 0 Å². The lowest BCUT2D eigenvalue weighted by Gasteiger charge is -2.21. The molecule has 152 valence electrons. The van der Waals surface area contributed by atoms with Crippen LogP contribution < -0.4 is 0 Å². The minimum Gasteiger partial charge on any atom is -0.465 e. The molecule has 0 spiro atoms. The molecule has 0 saturated carbocycles. The van der Waals surface area contributed by atoms with Crippen molar-refractivity contribution in [3.05, 3.63) is 0 Å². The van der Waals surface area contributed by atoms with E-state index in [1.807, 2.05) is 0 Å². The third-order valence-electron chi connectivity index (χ3n) is 5.35. The molecular formula is C21H38O5. The van der Waals surface area contributed by atoms with Crippen molar-refractivity contribution in [1.29, 1.82) is 0 Å². The molecule has 2 fully saturated rings. The molecule has 0 aliphatic carbocycles. The molecule has 0 N–H and O–H groups in total. The quantitative estimate of drug-likeness (QED) is 0.340. The van der Waals surface area contributed by atoms with Gasteiger partial charge in [-0.3, -0.25) is 4.79 Å². The first kappa shape index (κ1) is 21.6. The molecule has 5 heteroatoms. The Morgan fingerprint density at radius 3 is 2.19 bits per heavy atom. The van der Waals surface area contributed by atoms with Crippen LogP contribution in [-0.4, -0.2) is 52.2 Å². The third kappa shape index (κ3) is 9.89. The highest BCUT2D eigenvalue weighted by Crippen LogP contribution is 2.21. The van der Waals surface area contributed by atoms with Crippen LogP contribution in [0.25, 0.3) is 0 Å². The fourth-order valence-corrected chi connectivity index (χ4v) is 3.73. The molecule has 2 unspecified atom stereocenters. The minimum atomic E-state index is 0.00129. The van der Waals surface area contributed by atoms with Gasteiger partial charge in [-0.05, 0) is 63.7 Å². The van der Waals surface area contributed by atoms with Crippen molar-refractivity contribution >= 4 is 5.97 Å².